The molecule has 0 aromatic heterocycles. The Morgan fingerprint density at radius 1 is 0.483 bits per heavy atom. The largest absolute Gasteiger partial charge is 1.00 e. The minimum Gasteiger partial charge on any atom is -1.00 e. The average Bonchev–Trinajstić information content (AvgIpc) is 3.14. The number of carbonyl (C=O) groups excluding carboxylic acids is 2. The zero-order valence-corrected chi connectivity index (χ0v) is 43.2. The summed E-state index contributed by atoms with van der Waals surface area (Å²) in [6.45, 7) is 7.11. The van der Waals surface area contributed by atoms with Crippen molar-refractivity contribution in [1.82, 2.24) is 0 Å². The summed E-state index contributed by atoms with van der Waals surface area (Å²) in [7, 11) is 8.01. The normalized spacial score (nSPS) is 13.1. The van der Waals surface area contributed by atoms with E-state index in [0.29, 0.717) is 34.9 Å². The van der Waals surface area contributed by atoms with E-state index in [4.69, 9.17) is 9.47 Å². The molecule has 0 saturated carbocycles. The Labute approximate surface area is 393 Å². The molecule has 0 rings (SSSR count). The van der Waals surface area contributed by atoms with Crippen molar-refractivity contribution in [2.24, 2.45) is 0 Å². The number of likely N-dealkylation sites (N-methyl/N-ethyl adjacent to an activating group) is 2. The van der Waals surface area contributed by atoms with Crippen molar-refractivity contribution >= 4 is 11.9 Å². The zero-order chi connectivity index (χ0) is 41.8. The lowest BCUT2D eigenvalue weighted by molar-refractivity contribution is -1.11. The first-order valence-electron chi connectivity index (χ1n) is 23.5. The van der Waals surface area contributed by atoms with Crippen LogP contribution in [0.25, 0.3) is 0 Å². The molecule has 2 N–H and O–H groups in total. The van der Waals surface area contributed by atoms with Crippen molar-refractivity contribution in [3.63, 3.8) is 0 Å². The van der Waals surface area contributed by atoms with Gasteiger partial charge in [-0.05, 0) is 71.1 Å². The number of hydrogen-bond acceptors (Lipinski definition) is 6. The summed E-state index contributed by atoms with van der Waals surface area (Å²) in [5.74, 6) is -0.558. The minimum atomic E-state index is -0.744. The number of esters is 2. The van der Waals surface area contributed by atoms with Crippen LogP contribution in [0.3, 0.4) is 0 Å². The maximum atomic E-state index is 13.4. The SMILES string of the molecule is CCCCCCCC/C=C\CCCCCCCC(=O)OC(C)C(OC(=O)CCCCCCC/C=C\CCCCCCCC)C([N+](C)(C)CCO)[N+](C)(C)CCO.[I-].[I-]. The molecule has 0 saturated heterocycles. The maximum Gasteiger partial charge on any atom is 0.306 e. The Kier molecular flexibility index (Phi) is 45.0. The van der Waals surface area contributed by atoms with Gasteiger partial charge in [0.1, 0.15) is 19.2 Å². The van der Waals surface area contributed by atoms with Crippen molar-refractivity contribution in [2.75, 3.05) is 54.5 Å². The van der Waals surface area contributed by atoms with Gasteiger partial charge >= 0.3 is 11.9 Å². The quantitative estimate of drug-likeness (QED) is 0.0214. The highest BCUT2D eigenvalue weighted by molar-refractivity contribution is 5.70. The van der Waals surface area contributed by atoms with Gasteiger partial charge in [0.15, 0.2) is 0 Å². The number of halogens is 2. The fourth-order valence-corrected chi connectivity index (χ4v) is 8.04. The van der Waals surface area contributed by atoms with Gasteiger partial charge in [-0.3, -0.25) is 18.6 Å². The Morgan fingerprint density at radius 2 is 0.776 bits per heavy atom. The Morgan fingerprint density at radius 3 is 1.10 bits per heavy atom. The van der Waals surface area contributed by atoms with E-state index in [1.165, 1.54) is 109 Å². The smallest absolute Gasteiger partial charge is 0.306 e. The highest BCUT2D eigenvalue weighted by Crippen LogP contribution is 2.27. The van der Waals surface area contributed by atoms with Crippen molar-refractivity contribution in [3.05, 3.63) is 24.3 Å². The summed E-state index contributed by atoms with van der Waals surface area (Å²) in [5, 5.41) is 20.0. The summed E-state index contributed by atoms with van der Waals surface area (Å²) in [5.41, 5.74) is 0. The number of nitrogens with zero attached hydrogens (tertiary/aromatic N) is 2. The molecule has 2 unspecified atom stereocenters. The molecule has 0 aliphatic rings. The fourth-order valence-electron chi connectivity index (χ4n) is 8.04. The van der Waals surface area contributed by atoms with Crippen molar-refractivity contribution in [3.8, 4) is 0 Å². The lowest BCUT2D eigenvalue weighted by Gasteiger charge is -2.49. The molecule has 0 aliphatic heterocycles. The fraction of sp³-hybridized carbons (Fsp3) is 0.875. The molecule has 0 spiro atoms. The number of carbonyl (C=O) groups is 2. The van der Waals surface area contributed by atoms with Crippen LogP contribution >= 0.6 is 0 Å². The number of quaternary nitrogens is 2. The highest BCUT2D eigenvalue weighted by Gasteiger charge is 2.52. The summed E-state index contributed by atoms with van der Waals surface area (Å²) < 4.78 is 13.0. The summed E-state index contributed by atoms with van der Waals surface area (Å²) >= 11 is 0. The van der Waals surface area contributed by atoms with Crippen LogP contribution in [0.1, 0.15) is 201 Å². The third-order valence-corrected chi connectivity index (χ3v) is 11.4. The molecule has 2 atom stereocenters. The molecule has 0 radical (unpaired) electrons. The molecule has 58 heavy (non-hydrogen) atoms. The lowest BCUT2D eigenvalue weighted by atomic mass is 10.1. The second-order valence-electron chi connectivity index (χ2n) is 17.7. The molecule has 10 heteroatoms. The maximum absolute atomic E-state index is 13.4. The van der Waals surface area contributed by atoms with Crippen LogP contribution in [0.4, 0.5) is 0 Å². The van der Waals surface area contributed by atoms with Crippen molar-refractivity contribution < 1.29 is 86.2 Å². The third-order valence-electron chi connectivity index (χ3n) is 11.4. The third kappa shape index (κ3) is 34.3. The summed E-state index contributed by atoms with van der Waals surface area (Å²) in [6, 6.07) is 0. The van der Waals surface area contributed by atoms with E-state index >= 15 is 0 Å². The van der Waals surface area contributed by atoms with E-state index in [-0.39, 0.29) is 79.3 Å². The van der Waals surface area contributed by atoms with Crippen molar-refractivity contribution in [2.45, 2.75) is 219 Å². The number of unbranched alkanes of at least 4 members (excludes halogenated alkanes) is 22. The van der Waals surface area contributed by atoms with Gasteiger partial charge in [-0.2, -0.15) is 0 Å². The predicted octanol–water partition coefficient (Wildman–Crippen LogP) is 5.38. The monoisotopic (exact) mass is 1050 g/mol. The van der Waals surface area contributed by atoms with Crippen LogP contribution in [0.2, 0.25) is 0 Å². The number of ether oxygens (including phenoxy) is 2. The Hall–Kier alpha value is -0.280. The topological polar surface area (TPSA) is 93.1 Å². The van der Waals surface area contributed by atoms with E-state index in [1.807, 2.05) is 35.1 Å². The molecule has 0 heterocycles. The molecule has 0 bridgehead atoms. The molecule has 0 amide bonds. The average molecular weight is 1050 g/mol. The van der Waals surface area contributed by atoms with Crippen LogP contribution in [0.5, 0.6) is 0 Å². The van der Waals surface area contributed by atoms with Gasteiger partial charge in [-0.1, -0.05) is 141 Å². The first-order valence-corrected chi connectivity index (χ1v) is 23.5. The summed E-state index contributed by atoms with van der Waals surface area (Å²) in [4.78, 5) is 26.5. The van der Waals surface area contributed by atoms with Gasteiger partial charge in [0.05, 0.1) is 41.4 Å². The van der Waals surface area contributed by atoms with E-state index in [2.05, 4.69) is 38.2 Å². The number of aliphatic hydroxyl groups excluding tert-OH is 2. The van der Waals surface area contributed by atoms with Gasteiger partial charge in [-0.25, -0.2) is 0 Å². The van der Waals surface area contributed by atoms with E-state index in [1.54, 1.807) is 0 Å². The van der Waals surface area contributed by atoms with Crippen LogP contribution in [0, 0.1) is 0 Å². The Bertz CT molecular complexity index is 975. The highest BCUT2D eigenvalue weighted by atomic mass is 127. The molecule has 0 fully saturated rings. The van der Waals surface area contributed by atoms with Crippen LogP contribution in [-0.4, -0.2) is 104 Å². The van der Waals surface area contributed by atoms with Crippen LogP contribution in [-0.2, 0) is 19.1 Å². The molecule has 346 valence electrons. The first kappa shape index (κ1) is 62.0. The molecular formula is C48H94I2N2O6. The Balaban J connectivity index is -0.0000151. The standard InChI is InChI=1S/C48H94N2O6.2HI/c1-8-10-12-14-16-18-20-22-24-26-28-30-32-34-36-38-45(53)55-44(3)47(48(49(4,5)40-42-51)50(6,7)41-43-52)56-46(54)39-37-35-33-31-29-27-25-23-21-19-17-15-13-11-9-2;;/h22-25,44,47-48,51-52H,8-21,26-43H2,1-7H3;2*1H/q+2;;/p-2/b24-22-,25-23-;;. The second kappa shape index (κ2) is 42.0. The van der Waals surface area contributed by atoms with Crippen LogP contribution in [0.15, 0.2) is 24.3 Å². The first-order chi connectivity index (χ1) is 27.0. The molecule has 8 nitrogen and oxygen atoms in total. The van der Waals surface area contributed by atoms with Gasteiger partial charge in [0.2, 0.25) is 6.10 Å². The second-order valence-corrected chi connectivity index (χ2v) is 17.7. The zero-order valence-electron chi connectivity index (χ0n) is 38.8. The van der Waals surface area contributed by atoms with Gasteiger partial charge in [0.25, 0.3) is 6.17 Å². The van der Waals surface area contributed by atoms with Crippen molar-refractivity contribution in [1.29, 1.82) is 0 Å². The molecule has 0 aromatic carbocycles. The van der Waals surface area contributed by atoms with Gasteiger partial charge in [-0.15, -0.1) is 0 Å². The van der Waals surface area contributed by atoms with Gasteiger partial charge < -0.3 is 67.6 Å². The number of hydrogen-bond donors (Lipinski definition) is 2. The van der Waals surface area contributed by atoms with Gasteiger partial charge in [0, 0.05) is 12.8 Å². The minimum absolute atomic E-state index is 0. The van der Waals surface area contributed by atoms with E-state index < -0.39 is 12.2 Å². The lowest BCUT2D eigenvalue weighted by Crippen LogP contribution is -3.00. The van der Waals surface area contributed by atoms with E-state index in [0.717, 1.165) is 57.8 Å². The molecule has 0 aromatic rings. The summed E-state index contributed by atoms with van der Waals surface area (Å²) in [6.07, 6.45) is 39.3. The number of allylic oxidation sites excluding steroid dienone is 4. The van der Waals surface area contributed by atoms with Crippen LogP contribution < -0.4 is 48.0 Å². The molecule has 0 aliphatic carbocycles. The molecular weight excluding hydrogens is 954 g/mol. The number of aliphatic hydroxyl groups is 2. The number of rotatable bonds is 40. The predicted molar refractivity (Wildman–Crippen MR) is 236 cm³/mol. The van der Waals surface area contributed by atoms with E-state index in [9.17, 15) is 19.8 Å².